The van der Waals surface area contributed by atoms with Gasteiger partial charge in [-0.2, -0.15) is 0 Å². The molecule has 3 N–H and O–H groups in total. The number of nitrogens with two attached hydrogens (primary N) is 1. The van der Waals surface area contributed by atoms with Crippen molar-refractivity contribution in [2.45, 2.75) is 39.8 Å². The normalized spacial score (nSPS) is 12.7. The van der Waals surface area contributed by atoms with E-state index in [-0.39, 0.29) is 5.91 Å². The van der Waals surface area contributed by atoms with Gasteiger partial charge in [-0.15, -0.1) is 0 Å². The first-order valence-corrected chi connectivity index (χ1v) is 6.86. The molecule has 20 heavy (non-hydrogen) atoms. The summed E-state index contributed by atoms with van der Waals surface area (Å²) in [7, 11) is 1.69. The topological polar surface area (TPSA) is 80.7 Å². The van der Waals surface area contributed by atoms with Crippen molar-refractivity contribution in [1.29, 1.82) is 0 Å². The van der Waals surface area contributed by atoms with Crippen molar-refractivity contribution in [2.75, 3.05) is 20.3 Å². The predicted octanol–water partition coefficient (Wildman–Crippen LogP) is 1.44. The number of hydrogen-bond acceptors (Lipinski definition) is 5. The van der Waals surface area contributed by atoms with Crippen molar-refractivity contribution < 1.29 is 13.9 Å². The van der Waals surface area contributed by atoms with E-state index in [0.29, 0.717) is 30.5 Å². The molecule has 0 spiro atoms. The van der Waals surface area contributed by atoms with Crippen molar-refractivity contribution in [3.63, 3.8) is 0 Å². The summed E-state index contributed by atoms with van der Waals surface area (Å²) in [6.45, 7) is 8.21. The summed E-state index contributed by atoms with van der Waals surface area (Å²) in [5.41, 5.74) is 2.61. The average Bonchev–Trinajstić information content (AvgIpc) is 2.82. The van der Waals surface area contributed by atoms with Crippen LogP contribution in [-0.4, -0.2) is 37.1 Å². The molecule has 1 aromatic rings. The summed E-state index contributed by atoms with van der Waals surface area (Å²) < 4.78 is 10.8. The standard InChI is InChI=1S/C14H25N3O3/c1-5-10(2)17(6-7-19-4)9-12-8-13(11(3)20-12)14(18)16-15/h8,10H,5-7,9,15H2,1-4H3,(H,16,18). The third kappa shape index (κ3) is 4.33. The van der Waals surface area contributed by atoms with Crippen molar-refractivity contribution in [2.24, 2.45) is 5.84 Å². The van der Waals surface area contributed by atoms with Gasteiger partial charge in [0, 0.05) is 19.7 Å². The molecule has 0 radical (unpaired) electrons. The summed E-state index contributed by atoms with van der Waals surface area (Å²) in [5.74, 6) is 6.17. The second kappa shape index (κ2) is 8.04. The van der Waals surface area contributed by atoms with Gasteiger partial charge in [-0.3, -0.25) is 15.1 Å². The van der Waals surface area contributed by atoms with Gasteiger partial charge in [0.15, 0.2) is 0 Å². The highest BCUT2D eigenvalue weighted by Gasteiger charge is 2.18. The Morgan fingerprint density at radius 3 is 2.85 bits per heavy atom. The maximum Gasteiger partial charge on any atom is 0.268 e. The second-order valence-electron chi connectivity index (χ2n) is 4.88. The zero-order valence-electron chi connectivity index (χ0n) is 12.7. The Hall–Kier alpha value is -1.37. The highest BCUT2D eigenvalue weighted by molar-refractivity contribution is 5.94. The fraction of sp³-hybridized carbons (Fsp3) is 0.643. The Morgan fingerprint density at radius 1 is 1.60 bits per heavy atom. The monoisotopic (exact) mass is 283 g/mol. The lowest BCUT2D eigenvalue weighted by atomic mass is 10.2. The minimum atomic E-state index is -0.329. The van der Waals surface area contributed by atoms with Gasteiger partial charge in [0.1, 0.15) is 11.5 Å². The molecule has 1 aromatic heterocycles. The minimum Gasteiger partial charge on any atom is -0.464 e. The maximum atomic E-state index is 11.6. The highest BCUT2D eigenvalue weighted by atomic mass is 16.5. The minimum absolute atomic E-state index is 0.329. The summed E-state index contributed by atoms with van der Waals surface area (Å²) >= 11 is 0. The third-order valence-corrected chi connectivity index (χ3v) is 3.50. The lowest BCUT2D eigenvalue weighted by Crippen LogP contribution is -2.34. The number of furan rings is 1. The maximum absolute atomic E-state index is 11.6. The SMILES string of the molecule is CCC(C)N(CCOC)Cc1cc(C(=O)NN)c(C)o1. The predicted molar refractivity (Wildman–Crippen MR) is 77.1 cm³/mol. The molecule has 6 nitrogen and oxygen atoms in total. The van der Waals surface area contributed by atoms with Crippen LogP contribution in [0.4, 0.5) is 0 Å². The fourth-order valence-electron chi connectivity index (χ4n) is 2.05. The number of carbonyl (C=O) groups excluding carboxylic acids is 1. The molecule has 0 aliphatic heterocycles. The van der Waals surface area contributed by atoms with Gasteiger partial charge in [0.05, 0.1) is 18.7 Å². The molecule has 0 saturated heterocycles. The fourth-order valence-corrected chi connectivity index (χ4v) is 2.05. The zero-order valence-corrected chi connectivity index (χ0v) is 12.7. The van der Waals surface area contributed by atoms with Crippen LogP contribution in [0.25, 0.3) is 0 Å². The summed E-state index contributed by atoms with van der Waals surface area (Å²) in [4.78, 5) is 13.8. The van der Waals surface area contributed by atoms with Crippen LogP contribution in [0.5, 0.6) is 0 Å². The molecule has 1 amide bonds. The van der Waals surface area contributed by atoms with E-state index in [1.807, 2.05) is 0 Å². The van der Waals surface area contributed by atoms with Gasteiger partial charge in [-0.25, -0.2) is 5.84 Å². The van der Waals surface area contributed by atoms with Crippen molar-refractivity contribution in [3.05, 3.63) is 23.2 Å². The van der Waals surface area contributed by atoms with Crippen LogP contribution in [-0.2, 0) is 11.3 Å². The lowest BCUT2D eigenvalue weighted by molar-refractivity contribution is 0.0952. The van der Waals surface area contributed by atoms with Gasteiger partial charge < -0.3 is 9.15 Å². The molecular formula is C14H25N3O3. The van der Waals surface area contributed by atoms with Crippen LogP contribution in [0.3, 0.4) is 0 Å². The zero-order chi connectivity index (χ0) is 15.1. The summed E-state index contributed by atoms with van der Waals surface area (Å²) in [6.07, 6.45) is 1.04. The molecule has 0 aliphatic rings. The molecule has 1 unspecified atom stereocenters. The van der Waals surface area contributed by atoms with Crippen LogP contribution in [0.15, 0.2) is 10.5 Å². The molecule has 0 aromatic carbocycles. The van der Waals surface area contributed by atoms with Gasteiger partial charge in [0.2, 0.25) is 0 Å². The first kappa shape index (κ1) is 16.7. The number of nitrogen functional groups attached to an aromatic ring is 1. The van der Waals surface area contributed by atoms with Crippen molar-refractivity contribution in [1.82, 2.24) is 10.3 Å². The van der Waals surface area contributed by atoms with Crippen LogP contribution >= 0.6 is 0 Å². The largest absolute Gasteiger partial charge is 0.464 e. The van der Waals surface area contributed by atoms with Crippen molar-refractivity contribution in [3.8, 4) is 0 Å². The van der Waals surface area contributed by atoms with Crippen LogP contribution < -0.4 is 11.3 Å². The molecule has 1 heterocycles. The Morgan fingerprint density at radius 2 is 2.30 bits per heavy atom. The first-order valence-electron chi connectivity index (χ1n) is 6.86. The second-order valence-corrected chi connectivity index (χ2v) is 4.88. The van der Waals surface area contributed by atoms with Crippen LogP contribution in [0.2, 0.25) is 0 Å². The molecule has 0 fully saturated rings. The molecule has 6 heteroatoms. The quantitative estimate of drug-likeness (QED) is 0.428. The number of hydrazine groups is 1. The van der Waals surface area contributed by atoms with E-state index >= 15 is 0 Å². The molecule has 1 atom stereocenters. The molecule has 0 saturated carbocycles. The Bertz CT molecular complexity index is 431. The number of aryl methyl sites for hydroxylation is 1. The van der Waals surface area contributed by atoms with E-state index in [2.05, 4.69) is 24.2 Å². The number of nitrogens with zero attached hydrogens (tertiary/aromatic N) is 1. The number of rotatable bonds is 8. The van der Waals surface area contributed by atoms with E-state index in [0.717, 1.165) is 18.7 Å². The van der Waals surface area contributed by atoms with E-state index < -0.39 is 0 Å². The Balaban J connectivity index is 2.80. The molecule has 1 rings (SSSR count). The van der Waals surface area contributed by atoms with Crippen LogP contribution in [0.1, 0.15) is 42.1 Å². The van der Waals surface area contributed by atoms with Crippen molar-refractivity contribution >= 4 is 5.91 Å². The van der Waals surface area contributed by atoms with Gasteiger partial charge >= 0.3 is 0 Å². The molecule has 0 aliphatic carbocycles. The van der Waals surface area contributed by atoms with E-state index in [4.69, 9.17) is 15.0 Å². The number of carbonyl (C=O) groups is 1. The number of ether oxygens (including phenoxy) is 1. The number of nitrogens with one attached hydrogen (secondary N) is 1. The smallest absolute Gasteiger partial charge is 0.268 e. The van der Waals surface area contributed by atoms with E-state index in [1.165, 1.54) is 0 Å². The summed E-state index contributed by atoms with van der Waals surface area (Å²) in [5, 5.41) is 0. The molecule has 0 bridgehead atoms. The molecule has 114 valence electrons. The summed E-state index contributed by atoms with van der Waals surface area (Å²) in [6, 6.07) is 2.17. The van der Waals surface area contributed by atoms with E-state index in [9.17, 15) is 4.79 Å². The first-order chi connectivity index (χ1) is 9.53. The third-order valence-electron chi connectivity index (χ3n) is 3.50. The number of amides is 1. The molecular weight excluding hydrogens is 258 g/mol. The van der Waals surface area contributed by atoms with Crippen LogP contribution in [0, 0.1) is 6.92 Å². The van der Waals surface area contributed by atoms with Gasteiger partial charge in [-0.1, -0.05) is 6.92 Å². The average molecular weight is 283 g/mol. The highest BCUT2D eigenvalue weighted by Crippen LogP contribution is 2.18. The Kier molecular flexibility index (Phi) is 6.70. The number of hydrogen-bond donors (Lipinski definition) is 2. The Labute approximate surface area is 120 Å². The lowest BCUT2D eigenvalue weighted by Gasteiger charge is -2.27. The van der Waals surface area contributed by atoms with E-state index in [1.54, 1.807) is 20.1 Å². The van der Waals surface area contributed by atoms with Gasteiger partial charge in [0.25, 0.3) is 5.91 Å². The van der Waals surface area contributed by atoms with Gasteiger partial charge in [-0.05, 0) is 26.3 Å². The number of methoxy groups -OCH3 is 1.